The predicted octanol–water partition coefficient (Wildman–Crippen LogP) is 2.85. The van der Waals surface area contributed by atoms with Gasteiger partial charge in [0.25, 0.3) is 5.91 Å². The lowest BCUT2D eigenvalue weighted by molar-refractivity contribution is -0.138. The van der Waals surface area contributed by atoms with E-state index in [-0.39, 0.29) is 18.7 Å². The minimum atomic E-state index is -1.04. The number of anilines is 1. The third kappa shape index (κ3) is 5.90. The van der Waals surface area contributed by atoms with Crippen LogP contribution in [0.25, 0.3) is 6.08 Å². The van der Waals surface area contributed by atoms with Gasteiger partial charge in [0.1, 0.15) is 5.75 Å². The van der Waals surface area contributed by atoms with Crippen LogP contribution in [0.4, 0.5) is 10.8 Å². The molecular formula is C18H16N4O5S2. The smallest absolute Gasteiger partial charge is 0.303 e. The Morgan fingerprint density at radius 1 is 1.31 bits per heavy atom. The van der Waals surface area contributed by atoms with Crippen LogP contribution < -0.4 is 15.4 Å². The first-order valence-corrected chi connectivity index (χ1v) is 9.97. The Kier molecular flexibility index (Phi) is 6.62. The summed E-state index contributed by atoms with van der Waals surface area (Å²) in [6, 6.07) is 7.12. The Hall–Kier alpha value is -3.18. The standard InChI is InChI=1S/C18H16N4O5S2/c1-27-11-4-2-10(3-5-11)20-18-22-16(26)13(29-18)8-12-9-19-17(28-12)21-14(23)6-7-15(24)25/h2-5,8-9H,6-7H2,1H3,(H,24,25)(H,19,21,23)(H,20,22,26). The van der Waals surface area contributed by atoms with Crippen molar-refractivity contribution in [3.8, 4) is 5.75 Å². The van der Waals surface area contributed by atoms with Crippen molar-refractivity contribution in [2.24, 2.45) is 4.99 Å². The molecule has 1 aromatic heterocycles. The van der Waals surface area contributed by atoms with Crippen molar-refractivity contribution in [2.45, 2.75) is 12.8 Å². The van der Waals surface area contributed by atoms with Crippen molar-refractivity contribution in [2.75, 3.05) is 12.4 Å². The van der Waals surface area contributed by atoms with Gasteiger partial charge in [-0.25, -0.2) is 9.98 Å². The van der Waals surface area contributed by atoms with Gasteiger partial charge in [0, 0.05) is 12.6 Å². The van der Waals surface area contributed by atoms with Gasteiger partial charge in [-0.15, -0.1) is 0 Å². The third-order valence-corrected chi connectivity index (χ3v) is 5.33. The molecule has 1 aromatic carbocycles. The van der Waals surface area contributed by atoms with E-state index < -0.39 is 11.9 Å². The number of aliphatic imine (C=N–C) groups is 1. The summed E-state index contributed by atoms with van der Waals surface area (Å²) in [7, 11) is 1.58. The number of thiazole rings is 1. The number of carboxylic acids is 1. The number of carbonyl (C=O) groups is 3. The number of hydrogen-bond donors (Lipinski definition) is 3. The topological polar surface area (TPSA) is 130 Å². The predicted molar refractivity (Wildman–Crippen MR) is 111 cm³/mol. The van der Waals surface area contributed by atoms with Crippen LogP contribution in [0.3, 0.4) is 0 Å². The first-order valence-electron chi connectivity index (χ1n) is 8.34. The zero-order valence-corrected chi connectivity index (χ0v) is 16.8. The van der Waals surface area contributed by atoms with Crippen molar-refractivity contribution in [3.63, 3.8) is 0 Å². The maximum absolute atomic E-state index is 12.2. The summed E-state index contributed by atoms with van der Waals surface area (Å²) in [5.41, 5.74) is 0.680. The molecule has 2 aromatic rings. The van der Waals surface area contributed by atoms with E-state index in [4.69, 9.17) is 9.84 Å². The summed E-state index contributed by atoms with van der Waals surface area (Å²) in [6.45, 7) is 0. The molecule has 1 fully saturated rings. The van der Waals surface area contributed by atoms with E-state index in [1.54, 1.807) is 37.5 Å². The quantitative estimate of drug-likeness (QED) is 0.574. The van der Waals surface area contributed by atoms with Crippen LogP contribution in [0.15, 0.2) is 40.4 Å². The Labute approximate surface area is 173 Å². The molecule has 2 amide bonds. The van der Waals surface area contributed by atoms with E-state index >= 15 is 0 Å². The lowest BCUT2D eigenvalue weighted by Gasteiger charge is -1.99. The average Bonchev–Trinajstić information content (AvgIpc) is 3.27. The molecule has 150 valence electrons. The summed E-state index contributed by atoms with van der Waals surface area (Å²) in [4.78, 5) is 43.9. The summed E-state index contributed by atoms with van der Waals surface area (Å²) in [5.74, 6) is -1.03. The van der Waals surface area contributed by atoms with E-state index in [9.17, 15) is 14.4 Å². The van der Waals surface area contributed by atoms with E-state index in [2.05, 4.69) is 20.6 Å². The molecule has 0 aliphatic carbocycles. The fourth-order valence-corrected chi connectivity index (χ4v) is 3.88. The molecule has 0 atom stereocenters. The van der Waals surface area contributed by atoms with Crippen LogP contribution in [0.1, 0.15) is 17.7 Å². The lowest BCUT2D eigenvalue weighted by atomic mass is 10.3. The highest BCUT2D eigenvalue weighted by Gasteiger charge is 2.24. The first kappa shape index (κ1) is 20.6. The Morgan fingerprint density at radius 3 is 2.76 bits per heavy atom. The molecule has 0 spiro atoms. The Balaban J connectivity index is 1.64. The largest absolute Gasteiger partial charge is 0.497 e. The number of benzene rings is 1. The van der Waals surface area contributed by atoms with Crippen LogP contribution in [-0.4, -0.2) is 40.2 Å². The molecule has 0 unspecified atom stereocenters. The van der Waals surface area contributed by atoms with Crippen molar-refractivity contribution < 1.29 is 24.2 Å². The second kappa shape index (κ2) is 9.34. The highest BCUT2D eigenvalue weighted by Crippen LogP contribution is 2.30. The number of methoxy groups -OCH3 is 1. The normalized spacial score (nSPS) is 16.1. The van der Waals surface area contributed by atoms with Gasteiger partial charge >= 0.3 is 5.97 Å². The number of carbonyl (C=O) groups excluding carboxylic acids is 2. The molecule has 3 N–H and O–H groups in total. The van der Waals surface area contributed by atoms with Gasteiger partial charge in [-0.1, -0.05) is 11.3 Å². The number of ether oxygens (including phenoxy) is 1. The second-order valence-corrected chi connectivity index (χ2v) is 7.78. The first-order chi connectivity index (χ1) is 13.9. The summed E-state index contributed by atoms with van der Waals surface area (Å²) in [6.07, 6.45) is 2.80. The van der Waals surface area contributed by atoms with Gasteiger partial charge in [0.15, 0.2) is 10.3 Å². The number of nitrogens with one attached hydrogen (secondary N) is 2. The van der Waals surface area contributed by atoms with Crippen LogP contribution in [0.2, 0.25) is 0 Å². The lowest BCUT2D eigenvalue weighted by Crippen LogP contribution is -2.19. The van der Waals surface area contributed by atoms with E-state index in [1.807, 2.05) is 0 Å². The van der Waals surface area contributed by atoms with Crippen LogP contribution in [0, 0.1) is 0 Å². The highest BCUT2D eigenvalue weighted by molar-refractivity contribution is 8.18. The minimum absolute atomic E-state index is 0.130. The fraction of sp³-hybridized carbons (Fsp3) is 0.167. The van der Waals surface area contributed by atoms with Crippen LogP contribution in [0.5, 0.6) is 5.75 Å². The molecule has 29 heavy (non-hydrogen) atoms. The van der Waals surface area contributed by atoms with E-state index in [1.165, 1.54) is 29.3 Å². The zero-order valence-electron chi connectivity index (χ0n) is 15.2. The summed E-state index contributed by atoms with van der Waals surface area (Å²) >= 11 is 2.38. The molecule has 1 aliphatic rings. The number of amidine groups is 1. The number of nitrogens with zero attached hydrogens (tertiary/aromatic N) is 2. The SMILES string of the molecule is COc1ccc(N=C2NC(=O)C(=Cc3cnc(NC(=O)CCC(=O)O)s3)S2)cc1. The molecule has 9 nitrogen and oxygen atoms in total. The number of thioether (sulfide) groups is 1. The monoisotopic (exact) mass is 432 g/mol. The molecule has 0 saturated carbocycles. The average molecular weight is 432 g/mol. The van der Waals surface area contributed by atoms with Crippen molar-refractivity contribution >= 4 is 62.9 Å². The number of aliphatic carboxylic acids is 1. The zero-order chi connectivity index (χ0) is 20.8. The molecule has 1 aliphatic heterocycles. The molecule has 3 rings (SSSR count). The van der Waals surface area contributed by atoms with Crippen LogP contribution in [-0.2, 0) is 14.4 Å². The molecule has 0 bridgehead atoms. The molecule has 0 radical (unpaired) electrons. The van der Waals surface area contributed by atoms with Crippen LogP contribution >= 0.6 is 23.1 Å². The van der Waals surface area contributed by atoms with Crippen molar-refractivity contribution in [1.82, 2.24) is 10.3 Å². The van der Waals surface area contributed by atoms with E-state index in [0.29, 0.717) is 31.5 Å². The molecule has 2 heterocycles. The second-order valence-electron chi connectivity index (χ2n) is 5.69. The summed E-state index contributed by atoms with van der Waals surface area (Å²) in [5, 5.41) is 14.6. The molecule has 1 saturated heterocycles. The van der Waals surface area contributed by atoms with E-state index in [0.717, 1.165) is 0 Å². The van der Waals surface area contributed by atoms with Crippen molar-refractivity contribution in [1.29, 1.82) is 0 Å². The number of aromatic nitrogens is 1. The third-order valence-electron chi connectivity index (χ3n) is 3.56. The van der Waals surface area contributed by atoms with Gasteiger partial charge in [-0.05, 0) is 42.1 Å². The Bertz CT molecular complexity index is 998. The Morgan fingerprint density at radius 2 is 2.07 bits per heavy atom. The number of rotatable bonds is 7. The number of hydrogen-bond acceptors (Lipinski definition) is 8. The number of amides is 2. The van der Waals surface area contributed by atoms with Gasteiger partial charge < -0.3 is 20.5 Å². The molecular weight excluding hydrogens is 416 g/mol. The fourth-order valence-electron chi connectivity index (χ4n) is 2.20. The van der Waals surface area contributed by atoms with Gasteiger partial charge in [0.05, 0.1) is 29.0 Å². The van der Waals surface area contributed by atoms with Gasteiger partial charge in [-0.2, -0.15) is 0 Å². The van der Waals surface area contributed by atoms with Gasteiger partial charge in [-0.3, -0.25) is 14.4 Å². The van der Waals surface area contributed by atoms with Crippen molar-refractivity contribution in [3.05, 3.63) is 40.2 Å². The highest BCUT2D eigenvalue weighted by atomic mass is 32.2. The maximum atomic E-state index is 12.2. The molecule has 11 heteroatoms. The minimum Gasteiger partial charge on any atom is -0.497 e. The number of carboxylic acid groups (broad SMARTS) is 1. The van der Waals surface area contributed by atoms with Gasteiger partial charge in [0.2, 0.25) is 5.91 Å². The maximum Gasteiger partial charge on any atom is 0.303 e. The summed E-state index contributed by atoms with van der Waals surface area (Å²) < 4.78 is 5.10.